The standard InChI is InChI=1S/C14H11ClN4O/c15-12-8-10(9-20)6-7-13(12)19-17-14(16-18-19)11-4-2-1-3-5-11/h1-8,20H,9H2. The molecule has 0 fully saturated rings. The molecule has 0 radical (unpaired) electrons. The van der Waals surface area contributed by atoms with E-state index < -0.39 is 0 Å². The van der Waals surface area contributed by atoms with Gasteiger partial charge in [0.15, 0.2) is 0 Å². The highest BCUT2D eigenvalue weighted by atomic mass is 35.5. The molecule has 20 heavy (non-hydrogen) atoms. The lowest BCUT2D eigenvalue weighted by Crippen LogP contribution is -2.00. The van der Waals surface area contributed by atoms with Crippen LogP contribution in [-0.2, 0) is 6.61 Å². The van der Waals surface area contributed by atoms with Crippen LogP contribution in [0.4, 0.5) is 0 Å². The van der Waals surface area contributed by atoms with Gasteiger partial charge in [0.25, 0.3) is 0 Å². The number of tetrazole rings is 1. The highest BCUT2D eigenvalue weighted by Gasteiger charge is 2.10. The zero-order chi connectivity index (χ0) is 13.9. The third-order valence-electron chi connectivity index (χ3n) is 2.86. The fourth-order valence-electron chi connectivity index (χ4n) is 1.83. The summed E-state index contributed by atoms with van der Waals surface area (Å²) in [6.45, 7) is -0.0555. The first-order valence-corrected chi connectivity index (χ1v) is 6.41. The molecule has 100 valence electrons. The maximum atomic E-state index is 9.07. The molecule has 1 aromatic heterocycles. The summed E-state index contributed by atoms with van der Waals surface area (Å²) < 4.78 is 0. The zero-order valence-electron chi connectivity index (χ0n) is 10.4. The van der Waals surface area contributed by atoms with E-state index in [2.05, 4.69) is 15.4 Å². The van der Waals surface area contributed by atoms with Crippen LogP contribution >= 0.6 is 11.6 Å². The van der Waals surface area contributed by atoms with Gasteiger partial charge in [0.2, 0.25) is 5.82 Å². The number of aliphatic hydroxyl groups is 1. The minimum atomic E-state index is -0.0555. The van der Waals surface area contributed by atoms with Crippen molar-refractivity contribution in [3.8, 4) is 17.1 Å². The predicted octanol–water partition coefficient (Wildman–Crippen LogP) is 2.48. The largest absolute Gasteiger partial charge is 0.392 e. The summed E-state index contributed by atoms with van der Waals surface area (Å²) in [6, 6.07) is 14.8. The molecule has 0 saturated heterocycles. The fraction of sp³-hybridized carbons (Fsp3) is 0.0714. The van der Waals surface area contributed by atoms with E-state index in [1.807, 2.05) is 30.3 Å². The van der Waals surface area contributed by atoms with Crippen LogP contribution in [0.15, 0.2) is 48.5 Å². The van der Waals surface area contributed by atoms with Gasteiger partial charge < -0.3 is 5.11 Å². The van der Waals surface area contributed by atoms with Crippen LogP contribution in [0.3, 0.4) is 0 Å². The van der Waals surface area contributed by atoms with Gasteiger partial charge >= 0.3 is 0 Å². The Morgan fingerprint density at radius 3 is 2.60 bits per heavy atom. The van der Waals surface area contributed by atoms with Crippen LogP contribution in [0.2, 0.25) is 5.02 Å². The van der Waals surface area contributed by atoms with Gasteiger partial charge in [0, 0.05) is 5.56 Å². The van der Waals surface area contributed by atoms with Crippen LogP contribution in [0.1, 0.15) is 5.56 Å². The van der Waals surface area contributed by atoms with Gasteiger partial charge in [-0.25, -0.2) is 0 Å². The van der Waals surface area contributed by atoms with Gasteiger partial charge in [-0.3, -0.25) is 0 Å². The molecule has 5 nitrogen and oxygen atoms in total. The van der Waals surface area contributed by atoms with E-state index in [9.17, 15) is 0 Å². The summed E-state index contributed by atoms with van der Waals surface area (Å²) >= 11 is 6.16. The number of nitrogens with zero attached hydrogens (tertiary/aromatic N) is 4. The van der Waals surface area contributed by atoms with E-state index in [0.717, 1.165) is 11.1 Å². The first-order valence-electron chi connectivity index (χ1n) is 6.03. The van der Waals surface area contributed by atoms with Gasteiger partial charge in [0.05, 0.1) is 11.6 Å². The Kier molecular flexibility index (Phi) is 3.45. The smallest absolute Gasteiger partial charge is 0.205 e. The molecule has 0 atom stereocenters. The maximum absolute atomic E-state index is 9.07. The molecule has 3 aromatic rings. The molecule has 1 heterocycles. The number of aliphatic hydroxyl groups excluding tert-OH is 1. The first kappa shape index (κ1) is 12.8. The Hall–Kier alpha value is -2.24. The molecule has 3 rings (SSSR count). The van der Waals surface area contributed by atoms with E-state index in [-0.39, 0.29) is 6.61 Å². The molecule has 0 spiro atoms. The summed E-state index contributed by atoms with van der Waals surface area (Å²) in [7, 11) is 0. The lowest BCUT2D eigenvalue weighted by Gasteiger charge is -2.03. The minimum absolute atomic E-state index is 0.0555. The number of benzene rings is 2. The van der Waals surface area contributed by atoms with Gasteiger partial charge in [0.1, 0.15) is 5.69 Å². The van der Waals surface area contributed by atoms with Crippen LogP contribution in [0.5, 0.6) is 0 Å². The predicted molar refractivity (Wildman–Crippen MR) is 75.5 cm³/mol. The molecule has 0 bridgehead atoms. The van der Waals surface area contributed by atoms with Crippen molar-refractivity contribution < 1.29 is 5.11 Å². The third kappa shape index (κ3) is 2.41. The SMILES string of the molecule is OCc1ccc(-n2nnc(-c3ccccc3)n2)c(Cl)c1. The zero-order valence-corrected chi connectivity index (χ0v) is 11.2. The molecule has 0 aliphatic heterocycles. The van der Waals surface area contributed by atoms with Crippen molar-refractivity contribution in [2.75, 3.05) is 0 Å². The molecule has 0 amide bonds. The second-order valence-corrected chi connectivity index (χ2v) is 4.62. The second kappa shape index (κ2) is 5.40. The van der Waals surface area contributed by atoms with E-state index in [1.165, 1.54) is 4.80 Å². The van der Waals surface area contributed by atoms with Crippen LogP contribution in [0.25, 0.3) is 17.1 Å². The summed E-state index contributed by atoms with van der Waals surface area (Å²) in [5.41, 5.74) is 2.25. The Balaban J connectivity index is 1.98. The molecule has 0 aliphatic rings. The molecule has 0 unspecified atom stereocenters. The summed E-state index contributed by atoms with van der Waals surface area (Å²) in [5.74, 6) is 0.535. The monoisotopic (exact) mass is 286 g/mol. The van der Waals surface area contributed by atoms with E-state index in [1.54, 1.807) is 18.2 Å². The van der Waals surface area contributed by atoms with Crippen molar-refractivity contribution in [3.63, 3.8) is 0 Å². The van der Waals surface area contributed by atoms with Gasteiger partial charge in [-0.1, -0.05) is 48.0 Å². The van der Waals surface area contributed by atoms with E-state index in [4.69, 9.17) is 16.7 Å². The molecular weight excluding hydrogens is 276 g/mol. The molecule has 6 heteroatoms. The van der Waals surface area contributed by atoms with Crippen LogP contribution in [0, 0.1) is 0 Å². The Labute approximate surface area is 120 Å². The van der Waals surface area contributed by atoms with Gasteiger partial charge in [-0.15, -0.1) is 15.0 Å². The molecule has 0 saturated carbocycles. The Bertz CT molecular complexity index is 727. The first-order chi connectivity index (χ1) is 9.78. The average molecular weight is 287 g/mol. The number of rotatable bonds is 3. The third-order valence-corrected chi connectivity index (χ3v) is 3.16. The highest BCUT2D eigenvalue weighted by Crippen LogP contribution is 2.21. The maximum Gasteiger partial charge on any atom is 0.205 e. The topological polar surface area (TPSA) is 63.8 Å². The molecular formula is C14H11ClN4O. The Morgan fingerprint density at radius 1 is 1.10 bits per heavy atom. The quantitative estimate of drug-likeness (QED) is 0.803. The van der Waals surface area contributed by atoms with Crippen molar-refractivity contribution >= 4 is 11.6 Å². The summed E-state index contributed by atoms with van der Waals surface area (Å²) in [6.07, 6.45) is 0. The summed E-state index contributed by atoms with van der Waals surface area (Å²) in [4.78, 5) is 1.38. The lowest BCUT2D eigenvalue weighted by molar-refractivity contribution is 0.282. The number of halogens is 1. The second-order valence-electron chi connectivity index (χ2n) is 4.21. The Morgan fingerprint density at radius 2 is 1.90 bits per heavy atom. The van der Waals surface area contributed by atoms with Crippen molar-refractivity contribution in [2.24, 2.45) is 0 Å². The lowest BCUT2D eigenvalue weighted by atomic mass is 10.2. The van der Waals surface area contributed by atoms with E-state index in [0.29, 0.717) is 16.5 Å². The highest BCUT2D eigenvalue weighted by molar-refractivity contribution is 6.32. The number of hydrogen-bond donors (Lipinski definition) is 1. The van der Waals surface area contributed by atoms with E-state index >= 15 is 0 Å². The normalized spacial score (nSPS) is 10.7. The van der Waals surface area contributed by atoms with Crippen molar-refractivity contribution in [1.82, 2.24) is 20.2 Å². The van der Waals surface area contributed by atoms with Gasteiger partial charge in [-0.2, -0.15) is 0 Å². The minimum Gasteiger partial charge on any atom is -0.392 e. The molecule has 2 aromatic carbocycles. The van der Waals surface area contributed by atoms with Crippen molar-refractivity contribution in [3.05, 3.63) is 59.1 Å². The van der Waals surface area contributed by atoms with Crippen LogP contribution in [-0.4, -0.2) is 25.3 Å². The summed E-state index contributed by atoms with van der Waals surface area (Å²) in [5, 5.41) is 21.9. The van der Waals surface area contributed by atoms with Crippen molar-refractivity contribution in [2.45, 2.75) is 6.61 Å². The number of aromatic nitrogens is 4. The number of hydrogen-bond acceptors (Lipinski definition) is 4. The van der Waals surface area contributed by atoms with Crippen molar-refractivity contribution in [1.29, 1.82) is 0 Å². The fourth-order valence-corrected chi connectivity index (χ4v) is 2.11. The van der Waals surface area contributed by atoms with Gasteiger partial charge in [-0.05, 0) is 22.9 Å². The van der Waals surface area contributed by atoms with Crippen LogP contribution < -0.4 is 0 Å². The molecule has 1 N–H and O–H groups in total. The average Bonchev–Trinajstić information content (AvgIpc) is 2.97. The molecule has 0 aliphatic carbocycles.